The zero-order valence-electron chi connectivity index (χ0n) is 8.21. The molecule has 1 heteroatoms. The average molecular weight is 165 g/mol. The Kier molecular flexibility index (Phi) is 1.27. The fourth-order valence-electron chi connectivity index (χ4n) is 4.10. The van der Waals surface area contributed by atoms with Crippen molar-refractivity contribution in [1.29, 1.82) is 0 Å². The van der Waals surface area contributed by atoms with Gasteiger partial charge in [-0.05, 0) is 50.0 Å². The van der Waals surface area contributed by atoms with Gasteiger partial charge in [-0.3, -0.25) is 0 Å². The first-order valence-corrected chi connectivity index (χ1v) is 5.39. The van der Waals surface area contributed by atoms with E-state index in [1.54, 1.807) is 0 Å². The monoisotopic (exact) mass is 165 g/mol. The van der Waals surface area contributed by atoms with Crippen LogP contribution in [0.15, 0.2) is 0 Å². The molecule has 0 aromatic heterocycles. The summed E-state index contributed by atoms with van der Waals surface area (Å²) in [5.41, 5.74) is 0.742. The van der Waals surface area contributed by atoms with Gasteiger partial charge in [-0.1, -0.05) is 6.92 Å². The summed E-state index contributed by atoms with van der Waals surface area (Å²) in [6.45, 7) is 3.92. The van der Waals surface area contributed by atoms with Crippen LogP contribution in [0, 0.1) is 17.3 Å². The minimum atomic E-state index is 0.742. The molecule has 0 spiro atoms. The number of nitrogens with zero attached hydrogens (tertiary/aromatic N) is 1. The Balaban J connectivity index is 1.98. The Bertz CT molecular complexity index is 213. The summed E-state index contributed by atoms with van der Waals surface area (Å²) in [6, 6.07) is 0.963. The van der Waals surface area contributed by atoms with E-state index in [0.29, 0.717) is 0 Å². The Morgan fingerprint density at radius 1 is 1.42 bits per heavy atom. The van der Waals surface area contributed by atoms with Crippen LogP contribution in [0.5, 0.6) is 0 Å². The number of fused-ring (bicyclic) bond motifs is 6. The molecule has 2 aliphatic carbocycles. The van der Waals surface area contributed by atoms with Crippen molar-refractivity contribution in [3.8, 4) is 0 Å². The van der Waals surface area contributed by atoms with Gasteiger partial charge in [-0.2, -0.15) is 0 Å². The van der Waals surface area contributed by atoms with Gasteiger partial charge in [0.1, 0.15) is 0 Å². The van der Waals surface area contributed by atoms with Crippen LogP contribution in [0.4, 0.5) is 0 Å². The molecule has 0 aromatic rings. The maximum atomic E-state index is 2.62. The molecule has 4 bridgehead atoms. The molecule has 3 rings (SSSR count). The standard InChI is InChI=1S/C11H19N/c1-11-4-3-8(6-11)10-5-9(11)7-12(10)2/h8-10H,3-7H2,1-2H3. The third-order valence-electron chi connectivity index (χ3n) is 4.95. The second-order valence-corrected chi connectivity index (χ2v) is 5.60. The van der Waals surface area contributed by atoms with Crippen molar-refractivity contribution in [2.24, 2.45) is 17.3 Å². The maximum Gasteiger partial charge on any atom is 0.0124 e. The summed E-state index contributed by atoms with van der Waals surface area (Å²) in [7, 11) is 2.33. The third kappa shape index (κ3) is 0.736. The predicted molar refractivity (Wildman–Crippen MR) is 50.0 cm³/mol. The molecule has 4 unspecified atom stereocenters. The summed E-state index contributed by atoms with van der Waals surface area (Å²) in [6.07, 6.45) is 6.08. The van der Waals surface area contributed by atoms with Crippen LogP contribution in [0.25, 0.3) is 0 Å². The zero-order chi connectivity index (χ0) is 8.34. The molecule has 12 heavy (non-hydrogen) atoms. The third-order valence-corrected chi connectivity index (χ3v) is 4.95. The molecule has 0 amide bonds. The van der Waals surface area contributed by atoms with E-state index in [9.17, 15) is 0 Å². The lowest BCUT2D eigenvalue weighted by atomic mass is 9.70. The van der Waals surface area contributed by atoms with Crippen LogP contribution in [-0.2, 0) is 0 Å². The lowest BCUT2D eigenvalue weighted by Crippen LogP contribution is -2.32. The molecule has 0 N–H and O–H groups in total. The second-order valence-electron chi connectivity index (χ2n) is 5.60. The Morgan fingerprint density at radius 2 is 2.25 bits per heavy atom. The molecule has 1 heterocycles. The largest absolute Gasteiger partial charge is 0.303 e. The topological polar surface area (TPSA) is 3.24 Å². The quantitative estimate of drug-likeness (QED) is 0.531. The van der Waals surface area contributed by atoms with Gasteiger partial charge in [0.15, 0.2) is 0 Å². The number of hydrogen-bond donors (Lipinski definition) is 0. The van der Waals surface area contributed by atoms with Gasteiger partial charge in [-0.15, -0.1) is 0 Å². The normalized spacial score (nSPS) is 58.0. The molecule has 1 saturated heterocycles. The smallest absolute Gasteiger partial charge is 0.0124 e. The second kappa shape index (κ2) is 2.06. The highest BCUT2D eigenvalue weighted by Gasteiger charge is 2.54. The van der Waals surface area contributed by atoms with E-state index in [2.05, 4.69) is 18.9 Å². The van der Waals surface area contributed by atoms with Gasteiger partial charge in [0.2, 0.25) is 0 Å². The Hall–Kier alpha value is -0.0400. The van der Waals surface area contributed by atoms with Gasteiger partial charge >= 0.3 is 0 Å². The van der Waals surface area contributed by atoms with Crippen molar-refractivity contribution in [2.45, 2.75) is 38.6 Å². The van der Waals surface area contributed by atoms with E-state index in [1.165, 1.54) is 32.2 Å². The molecule has 3 fully saturated rings. The number of hydrogen-bond acceptors (Lipinski definition) is 1. The minimum absolute atomic E-state index is 0.742. The van der Waals surface area contributed by atoms with Crippen LogP contribution in [0.3, 0.4) is 0 Å². The van der Waals surface area contributed by atoms with Crippen LogP contribution in [-0.4, -0.2) is 24.5 Å². The minimum Gasteiger partial charge on any atom is -0.303 e. The van der Waals surface area contributed by atoms with Gasteiger partial charge < -0.3 is 4.90 Å². The molecule has 0 radical (unpaired) electrons. The average Bonchev–Trinajstić information content (AvgIpc) is 2.51. The highest BCUT2D eigenvalue weighted by atomic mass is 15.2. The van der Waals surface area contributed by atoms with Crippen molar-refractivity contribution in [2.75, 3.05) is 13.6 Å². The van der Waals surface area contributed by atoms with Crippen LogP contribution >= 0.6 is 0 Å². The molecule has 2 saturated carbocycles. The first-order valence-electron chi connectivity index (χ1n) is 5.39. The molecule has 3 aliphatic rings. The fraction of sp³-hybridized carbons (Fsp3) is 1.00. The Morgan fingerprint density at radius 3 is 3.08 bits per heavy atom. The van der Waals surface area contributed by atoms with Gasteiger partial charge in [0.25, 0.3) is 0 Å². The molecule has 4 atom stereocenters. The van der Waals surface area contributed by atoms with E-state index in [4.69, 9.17) is 0 Å². The fourth-order valence-corrected chi connectivity index (χ4v) is 4.10. The zero-order valence-corrected chi connectivity index (χ0v) is 8.21. The van der Waals surface area contributed by atoms with Crippen molar-refractivity contribution in [1.82, 2.24) is 4.90 Å². The van der Waals surface area contributed by atoms with E-state index in [0.717, 1.165) is 23.3 Å². The summed E-state index contributed by atoms with van der Waals surface area (Å²) in [5.74, 6) is 2.09. The van der Waals surface area contributed by atoms with Crippen molar-refractivity contribution < 1.29 is 0 Å². The number of likely N-dealkylation sites (tertiary alicyclic amines) is 1. The van der Waals surface area contributed by atoms with Crippen molar-refractivity contribution >= 4 is 0 Å². The molecule has 1 aliphatic heterocycles. The van der Waals surface area contributed by atoms with Crippen molar-refractivity contribution in [3.63, 3.8) is 0 Å². The van der Waals surface area contributed by atoms with E-state index < -0.39 is 0 Å². The van der Waals surface area contributed by atoms with Gasteiger partial charge in [0, 0.05) is 12.6 Å². The molecule has 0 aromatic carbocycles. The Labute approximate surface area is 75.1 Å². The first-order chi connectivity index (χ1) is 5.69. The lowest BCUT2D eigenvalue weighted by molar-refractivity contribution is 0.164. The van der Waals surface area contributed by atoms with E-state index in [-0.39, 0.29) is 0 Å². The van der Waals surface area contributed by atoms with Gasteiger partial charge in [0.05, 0.1) is 0 Å². The highest BCUT2D eigenvalue weighted by molar-refractivity contribution is 5.06. The maximum absolute atomic E-state index is 2.62. The highest BCUT2D eigenvalue weighted by Crippen LogP contribution is 2.58. The first kappa shape index (κ1) is 7.37. The molecule has 1 nitrogen and oxygen atoms in total. The molecular weight excluding hydrogens is 146 g/mol. The van der Waals surface area contributed by atoms with Gasteiger partial charge in [-0.25, -0.2) is 0 Å². The summed E-state index contributed by atoms with van der Waals surface area (Å²) in [4.78, 5) is 2.62. The van der Waals surface area contributed by atoms with Crippen LogP contribution < -0.4 is 0 Å². The van der Waals surface area contributed by atoms with E-state index in [1.807, 2.05) is 0 Å². The van der Waals surface area contributed by atoms with Crippen LogP contribution in [0.1, 0.15) is 32.6 Å². The van der Waals surface area contributed by atoms with Crippen LogP contribution in [0.2, 0.25) is 0 Å². The predicted octanol–water partition coefficient (Wildman–Crippen LogP) is 2.13. The summed E-state index contributed by atoms with van der Waals surface area (Å²) in [5, 5.41) is 0. The van der Waals surface area contributed by atoms with E-state index >= 15 is 0 Å². The SMILES string of the molecule is CN1CC2CC1C1CCC2(C)C1. The summed E-state index contributed by atoms with van der Waals surface area (Å²) >= 11 is 0. The molecular formula is C11H19N. The summed E-state index contributed by atoms with van der Waals surface area (Å²) < 4.78 is 0. The number of rotatable bonds is 0. The molecule has 68 valence electrons. The van der Waals surface area contributed by atoms with Crippen molar-refractivity contribution in [3.05, 3.63) is 0 Å². The lowest BCUT2D eigenvalue weighted by Gasteiger charge is -2.35.